The van der Waals surface area contributed by atoms with E-state index in [0.29, 0.717) is 48.7 Å². The number of hydrogen-bond acceptors (Lipinski definition) is 3. The highest BCUT2D eigenvalue weighted by molar-refractivity contribution is 6.32. The molecule has 2 amide bonds. The van der Waals surface area contributed by atoms with Gasteiger partial charge >= 0.3 is 6.03 Å². The molecule has 134 valence electrons. The molecule has 2 aromatic rings. The fourth-order valence-corrected chi connectivity index (χ4v) is 3.81. The predicted octanol–water partition coefficient (Wildman–Crippen LogP) is 4.37. The van der Waals surface area contributed by atoms with E-state index in [1.807, 2.05) is 30.3 Å². The number of carbonyl (C=O) groups is 2. The van der Waals surface area contributed by atoms with Crippen molar-refractivity contribution in [1.82, 2.24) is 4.90 Å². The number of para-hydroxylation sites is 2. The molecule has 2 aliphatic heterocycles. The van der Waals surface area contributed by atoms with Crippen LogP contribution < -0.4 is 10.1 Å². The van der Waals surface area contributed by atoms with Gasteiger partial charge in [-0.3, -0.25) is 4.79 Å². The molecule has 1 saturated heterocycles. The van der Waals surface area contributed by atoms with Gasteiger partial charge in [-0.1, -0.05) is 35.9 Å². The number of fused-ring (bicyclic) bond motifs is 1. The Balaban J connectivity index is 1.44. The van der Waals surface area contributed by atoms with Gasteiger partial charge in [0, 0.05) is 31.6 Å². The third-order valence-electron chi connectivity index (χ3n) is 5.06. The standard InChI is InChI=1S/C20H19ClN2O3/c21-16-8-4-7-15-17(24)13-20(26-18(15)16)9-11-23(12-10-20)19(25)22-14-5-2-1-3-6-14/h1-8H,9-13H2,(H,22,25). The van der Waals surface area contributed by atoms with Gasteiger partial charge in [0.2, 0.25) is 0 Å². The zero-order chi connectivity index (χ0) is 18.1. The molecule has 2 aromatic carbocycles. The number of ketones is 1. The molecule has 5 nitrogen and oxygen atoms in total. The van der Waals surface area contributed by atoms with E-state index < -0.39 is 5.60 Å². The van der Waals surface area contributed by atoms with E-state index in [1.54, 1.807) is 23.1 Å². The lowest BCUT2D eigenvalue weighted by molar-refractivity contribution is 0.000455. The zero-order valence-electron chi connectivity index (χ0n) is 14.2. The SMILES string of the molecule is O=C1CC2(CCN(C(=O)Nc3ccccc3)CC2)Oc2c(Cl)cccc21. The maximum Gasteiger partial charge on any atom is 0.321 e. The molecule has 1 spiro atoms. The molecule has 2 aliphatic rings. The monoisotopic (exact) mass is 370 g/mol. The van der Waals surface area contributed by atoms with Crippen LogP contribution in [-0.4, -0.2) is 35.4 Å². The minimum atomic E-state index is -0.571. The Morgan fingerprint density at radius 1 is 1.08 bits per heavy atom. The maximum atomic E-state index is 12.5. The molecule has 26 heavy (non-hydrogen) atoms. The Kier molecular flexibility index (Phi) is 4.32. The molecule has 0 atom stereocenters. The number of halogens is 1. The maximum absolute atomic E-state index is 12.5. The summed E-state index contributed by atoms with van der Waals surface area (Å²) in [7, 11) is 0. The third kappa shape index (κ3) is 3.15. The second-order valence-electron chi connectivity index (χ2n) is 6.78. The average molecular weight is 371 g/mol. The number of urea groups is 1. The Bertz CT molecular complexity index is 845. The summed E-state index contributed by atoms with van der Waals surface area (Å²) in [6, 6.07) is 14.5. The number of rotatable bonds is 1. The minimum Gasteiger partial charge on any atom is -0.484 e. The summed E-state index contributed by atoms with van der Waals surface area (Å²) in [6.45, 7) is 1.07. The van der Waals surface area contributed by atoms with Crippen LogP contribution in [0.2, 0.25) is 5.02 Å². The van der Waals surface area contributed by atoms with Crippen LogP contribution in [0.5, 0.6) is 5.75 Å². The number of ether oxygens (including phenoxy) is 1. The fourth-order valence-electron chi connectivity index (χ4n) is 3.59. The summed E-state index contributed by atoms with van der Waals surface area (Å²) in [5, 5.41) is 3.35. The van der Waals surface area contributed by atoms with Crippen molar-refractivity contribution >= 4 is 29.1 Å². The van der Waals surface area contributed by atoms with Crippen LogP contribution in [0.25, 0.3) is 0 Å². The van der Waals surface area contributed by atoms with Crippen LogP contribution >= 0.6 is 11.6 Å². The van der Waals surface area contributed by atoms with Crippen molar-refractivity contribution in [3.63, 3.8) is 0 Å². The topological polar surface area (TPSA) is 58.6 Å². The normalized spacial score (nSPS) is 18.2. The van der Waals surface area contributed by atoms with Crippen LogP contribution in [0.4, 0.5) is 10.5 Å². The van der Waals surface area contributed by atoms with Crippen LogP contribution in [0.1, 0.15) is 29.6 Å². The summed E-state index contributed by atoms with van der Waals surface area (Å²) in [5.41, 5.74) is 0.744. The van der Waals surface area contributed by atoms with E-state index in [-0.39, 0.29) is 11.8 Å². The van der Waals surface area contributed by atoms with Crippen molar-refractivity contribution in [3.05, 3.63) is 59.1 Å². The number of likely N-dealkylation sites (tertiary alicyclic amines) is 1. The molecule has 4 rings (SSSR count). The smallest absolute Gasteiger partial charge is 0.321 e. The number of anilines is 1. The molecule has 0 bridgehead atoms. The van der Waals surface area contributed by atoms with Crippen molar-refractivity contribution in [2.45, 2.75) is 24.9 Å². The van der Waals surface area contributed by atoms with Crippen LogP contribution in [0.3, 0.4) is 0 Å². The van der Waals surface area contributed by atoms with Crippen LogP contribution in [0, 0.1) is 0 Å². The average Bonchev–Trinajstić information content (AvgIpc) is 2.64. The van der Waals surface area contributed by atoms with Gasteiger partial charge in [-0.15, -0.1) is 0 Å². The van der Waals surface area contributed by atoms with Crippen molar-refractivity contribution < 1.29 is 14.3 Å². The summed E-state index contributed by atoms with van der Waals surface area (Å²) in [4.78, 5) is 26.7. The summed E-state index contributed by atoms with van der Waals surface area (Å²) in [5.74, 6) is 0.531. The number of nitrogens with zero attached hydrogens (tertiary/aromatic N) is 1. The van der Waals surface area contributed by atoms with E-state index in [4.69, 9.17) is 16.3 Å². The van der Waals surface area contributed by atoms with E-state index in [2.05, 4.69) is 5.32 Å². The quantitative estimate of drug-likeness (QED) is 0.810. The molecule has 0 aliphatic carbocycles. The Morgan fingerprint density at radius 2 is 1.81 bits per heavy atom. The second-order valence-corrected chi connectivity index (χ2v) is 7.19. The van der Waals surface area contributed by atoms with E-state index in [1.165, 1.54) is 0 Å². The second kappa shape index (κ2) is 6.65. The first-order chi connectivity index (χ1) is 12.6. The third-order valence-corrected chi connectivity index (χ3v) is 5.35. The molecule has 0 unspecified atom stereocenters. The Morgan fingerprint density at radius 3 is 2.54 bits per heavy atom. The molecule has 0 saturated carbocycles. The van der Waals surface area contributed by atoms with E-state index in [9.17, 15) is 9.59 Å². The van der Waals surface area contributed by atoms with Crippen molar-refractivity contribution in [2.75, 3.05) is 18.4 Å². The first-order valence-corrected chi connectivity index (χ1v) is 9.06. The Labute approximate surface area is 156 Å². The van der Waals surface area contributed by atoms with Gasteiger partial charge in [-0.2, -0.15) is 0 Å². The van der Waals surface area contributed by atoms with Crippen LogP contribution in [-0.2, 0) is 0 Å². The van der Waals surface area contributed by atoms with E-state index >= 15 is 0 Å². The van der Waals surface area contributed by atoms with Gasteiger partial charge in [-0.25, -0.2) is 4.79 Å². The fraction of sp³-hybridized carbons (Fsp3) is 0.300. The van der Waals surface area contributed by atoms with Crippen molar-refractivity contribution in [2.24, 2.45) is 0 Å². The zero-order valence-corrected chi connectivity index (χ0v) is 15.0. The summed E-state index contributed by atoms with van der Waals surface area (Å²) >= 11 is 6.23. The molecule has 1 fully saturated rings. The lowest BCUT2D eigenvalue weighted by atomic mass is 9.82. The summed E-state index contributed by atoms with van der Waals surface area (Å²) in [6.07, 6.45) is 1.53. The summed E-state index contributed by atoms with van der Waals surface area (Å²) < 4.78 is 6.20. The van der Waals surface area contributed by atoms with Gasteiger partial charge in [-0.05, 0) is 24.3 Å². The highest BCUT2D eigenvalue weighted by Gasteiger charge is 2.44. The molecular weight excluding hydrogens is 352 g/mol. The van der Waals surface area contributed by atoms with Crippen molar-refractivity contribution in [1.29, 1.82) is 0 Å². The van der Waals surface area contributed by atoms with Gasteiger partial charge < -0.3 is 15.0 Å². The number of benzene rings is 2. The molecule has 1 N–H and O–H groups in total. The number of nitrogens with one attached hydrogen (secondary N) is 1. The number of piperidine rings is 1. The first kappa shape index (κ1) is 16.9. The molecule has 6 heteroatoms. The highest BCUT2D eigenvalue weighted by Crippen LogP contribution is 2.42. The largest absolute Gasteiger partial charge is 0.484 e. The number of hydrogen-bond donors (Lipinski definition) is 1. The molecule has 2 heterocycles. The number of amides is 2. The van der Waals surface area contributed by atoms with Gasteiger partial charge in [0.05, 0.1) is 17.0 Å². The lowest BCUT2D eigenvalue weighted by Crippen LogP contribution is -2.53. The molecule has 0 aromatic heterocycles. The highest BCUT2D eigenvalue weighted by atomic mass is 35.5. The van der Waals surface area contributed by atoms with Gasteiger partial charge in [0.15, 0.2) is 5.78 Å². The predicted molar refractivity (Wildman–Crippen MR) is 100 cm³/mol. The minimum absolute atomic E-state index is 0.0518. The lowest BCUT2D eigenvalue weighted by Gasteiger charge is -2.44. The Hall–Kier alpha value is -2.53. The molecular formula is C20H19ClN2O3. The first-order valence-electron chi connectivity index (χ1n) is 8.68. The molecule has 0 radical (unpaired) electrons. The van der Waals surface area contributed by atoms with E-state index in [0.717, 1.165) is 5.69 Å². The van der Waals surface area contributed by atoms with Gasteiger partial charge in [0.25, 0.3) is 0 Å². The number of carbonyl (C=O) groups excluding carboxylic acids is 2. The number of Topliss-reactive ketones (excluding diaryl/α,β-unsaturated/α-hetero) is 1. The van der Waals surface area contributed by atoms with Crippen LogP contribution in [0.15, 0.2) is 48.5 Å². The van der Waals surface area contributed by atoms with Gasteiger partial charge in [0.1, 0.15) is 11.4 Å². The van der Waals surface area contributed by atoms with Crippen molar-refractivity contribution in [3.8, 4) is 5.75 Å².